The average molecular weight is 686 g/mol. The molecule has 1 saturated carbocycles. The van der Waals surface area contributed by atoms with Gasteiger partial charge in [0.2, 0.25) is 5.91 Å². The molecule has 1 saturated heterocycles. The first-order chi connectivity index (χ1) is 24.4. The Kier molecular flexibility index (Phi) is 8.41. The zero-order valence-corrected chi connectivity index (χ0v) is 27.8. The molecule has 4 atom stereocenters. The van der Waals surface area contributed by atoms with E-state index < -0.39 is 5.97 Å². The largest absolute Gasteiger partial charge is 0.478 e. The Morgan fingerprint density at radius 3 is 2.54 bits per heavy atom. The fraction of sp³-hybridized carbons (Fsp3) is 0.237. The molecule has 1 aliphatic carbocycles. The van der Waals surface area contributed by atoms with Crippen molar-refractivity contribution in [2.45, 2.75) is 31.2 Å². The molecular weight excluding hydrogens is 652 g/mol. The summed E-state index contributed by atoms with van der Waals surface area (Å²) in [6.45, 7) is 1.55. The third-order valence-electron chi connectivity index (χ3n) is 9.96. The number of carbonyl (C=O) groups excluding carboxylic acids is 1. The van der Waals surface area contributed by atoms with Crippen LogP contribution in [0, 0.1) is 11.8 Å². The van der Waals surface area contributed by atoms with E-state index >= 15 is 0 Å². The van der Waals surface area contributed by atoms with Gasteiger partial charge in [-0.3, -0.25) is 14.5 Å². The first-order valence-electron chi connectivity index (χ1n) is 16.7. The maximum absolute atomic E-state index is 13.7. The van der Waals surface area contributed by atoms with Gasteiger partial charge in [0, 0.05) is 59.0 Å². The highest BCUT2D eigenvalue weighted by molar-refractivity contribution is 6.31. The van der Waals surface area contributed by atoms with Gasteiger partial charge < -0.3 is 10.0 Å². The Bertz CT molecular complexity index is 2140. The predicted molar refractivity (Wildman–Crippen MR) is 186 cm³/mol. The number of tetrazole rings is 1. The van der Waals surface area contributed by atoms with Gasteiger partial charge in [-0.1, -0.05) is 65.3 Å². The number of nitrogens with one attached hydrogen (secondary N) is 1. The van der Waals surface area contributed by atoms with Crippen LogP contribution in [0.1, 0.15) is 52.8 Å². The summed E-state index contributed by atoms with van der Waals surface area (Å²) >= 11 is 6.41. The van der Waals surface area contributed by atoms with Gasteiger partial charge in [0.15, 0.2) is 5.21 Å². The highest BCUT2D eigenvalue weighted by Crippen LogP contribution is 2.47. The van der Waals surface area contributed by atoms with E-state index in [9.17, 15) is 14.7 Å². The quantitative estimate of drug-likeness (QED) is 0.169. The number of nitrogens with zero attached hydrogens (tertiary/aromatic N) is 7. The van der Waals surface area contributed by atoms with Crippen LogP contribution in [-0.2, 0) is 4.79 Å². The number of benzene rings is 3. The molecule has 2 fully saturated rings. The first kappa shape index (κ1) is 31.6. The molecule has 11 nitrogen and oxygen atoms in total. The van der Waals surface area contributed by atoms with Crippen molar-refractivity contribution >= 4 is 23.5 Å². The van der Waals surface area contributed by atoms with Crippen molar-refractivity contribution in [3.8, 4) is 27.9 Å². The zero-order valence-electron chi connectivity index (χ0n) is 27.0. The number of pyridine rings is 1. The number of aromatic amines is 1. The first-order valence-corrected chi connectivity index (χ1v) is 17.0. The molecule has 2 aliphatic rings. The number of likely N-dealkylation sites (tertiary alicyclic amines) is 1. The van der Waals surface area contributed by atoms with E-state index in [1.807, 2.05) is 58.4 Å². The number of aromatic carboxylic acids is 1. The Labute approximate surface area is 293 Å². The zero-order chi connectivity index (χ0) is 34.2. The maximum Gasteiger partial charge on any atom is 0.335 e. The SMILES string of the molecule is O=C(O)c1ccc(-c2cnn(C(C[C@H]3C[C@H]3C(=O)N3CCC(c4ccccc4)C3)c3ccc(-c4cc(Cl)ccc4-[n+]4cnn[nH]4)cn3)c2)cc1. The third kappa shape index (κ3) is 6.39. The molecule has 0 radical (unpaired) electrons. The summed E-state index contributed by atoms with van der Waals surface area (Å²) in [5, 5.41) is 25.3. The van der Waals surface area contributed by atoms with E-state index in [1.165, 1.54) is 5.56 Å². The molecule has 12 heteroatoms. The Morgan fingerprint density at radius 1 is 0.980 bits per heavy atom. The lowest BCUT2D eigenvalue weighted by Gasteiger charge is -2.20. The molecule has 50 heavy (non-hydrogen) atoms. The van der Waals surface area contributed by atoms with Gasteiger partial charge in [0.25, 0.3) is 6.33 Å². The minimum absolute atomic E-state index is 0.0149. The van der Waals surface area contributed by atoms with Gasteiger partial charge in [-0.2, -0.15) is 5.10 Å². The smallest absolute Gasteiger partial charge is 0.335 e. The monoisotopic (exact) mass is 685 g/mol. The van der Waals surface area contributed by atoms with Crippen molar-refractivity contribution in [3.63, 3.8) is 0 Å². The molecule has 250 valence electrons. The number of hydrogen-bond acceptors (Lipinski definition) is 6. The van der Waals surface area contributed by atoms with Crippen LogP contribution >= 0.6 is 11.6 Å². The lowest BCUT2D eigenvalue weighted by molar-refractivity contribution is -0.659. The number of carboxylic acid groups (broad SMARTS) is 1. The Balaban J connectivity index is 1.05. The van der Waals surface area contributed by atoms with E-state index in [0.29, 0.717) is 17.4 Å². The maximum atomic E-state index is 13.7. The standard InChI is InChI=1S/C38H33ClN8O3/c39-31-11-13-35(47-23-41-43-44-47)32(18-31)27-10-12-34(40-19-27)36(46-22-30(20-42-46)25-6-8-26(9-7-25)38(49)50)17-29-16-33(29)37(48)45-15-14-28(21-45)24-4-2-1-3-5-24/h1-13,18-20,22-23,28-29,33,36H,14-17,21H2,(H,49,50)/p+1/t28?,29-,33-,36?/m1/s1. The van der Waals surface area contributed by atoms with Crippen LogP contribution in [0.25, 0.3) is 27.9 Å². The van der Waals surface area contributed by atoms with Crippen molar-refractivity contribution < 1.29 is 19.4 Å². The number of H-pyrrole nitrogens is 1. The molecule has 0 bridgehead atoms. The van der Waals surface area contributed by atoms with Crippen LogP contribution < -0.4 is 4.68 Å². The van der Waals surface area contributed by atoms with Crippen molar-refractivity contribution in [2.24, 2.45) is 11.8 Å². The molecule has 8 rings (SSSR count). The number of carboxylic acids is 1. The molecule has 3 aromatic heterocycles. The van der Waals surface area contributed by atoms with Gasteiger partial charge in [0.1, 0.15) is 10.8 Å². The molecule has 1 aliphatic heterocycles. The fourth-order valence-corrected chi connectivity index (χ4v) is 7.29. The molecule has 1 amide bonds. The summed E-state index contributed by atoms with van der Waals surface area (Å²) in [5.74, 6) is -0.156. The summed E-state index contributed by atoms with van der Waals surface area (Å²) < 4.78 is 3.63. The highest BCUT2D eigenvalue weighted by atomic mass is 35.5. The van der Waals surface area contributed by atoms with Crippen LogP contribution in [0.4, 0.5) is 0 Å². The normalized spacial score (nSPS) is 19.0. The minimum Gasteiger partial charge on any atom is -0.478 e. The third-order valence-corrected chi connectivity index (χ3v) is 10.2. The summed E-state index contributed by atoms with van der Waals surface area (Å²) in [6, 6.07) is 26.6. The number of amides is 1. The van der Waals surface area contributed by atoms with Gasteiger partial charge >= 0.3 is 5.97 Å². The lowest BCUT2D eigenvalue weighted by atomic mass is 9.99. The molecule has 2 N–H and O–H groups in total. The predicted octanol–water partition coefficient (Wildman–Crippen LogP) is 5.99. The van der Waals surface area contributed by atoms with E-state index in [0.717, 1.165) is 59.6 Å². The summed E-state index contributed by atoms with van der Waals surface area (Å²) in [6.07, 6.45) is 9.71. The topological polar surface area (TPSA) is 134 Å². The molecular formula is C38H34ClN8O3+. The second kappa shape index (κ2) is 13.3. The van der Waals surface area contributed by atoms with Crippen molar-refractivity contribution in [2.75, 3.05) is 13.1 Å². The average Bonchev–Trinajstić information content (AvgIpc) is 3.59. The summed E-state index contributed by atoms with van der Waals surface area (Å²) in [7, 11) is 0. The second-order valence-electron chi connectivity index (χ2n) is 13.1. The van der Waals surface area contributed by atoms with E-state index in [1.54, 1.807) is 41.5 Å². The number of halogens is 1. The van der Waals surface area contributed by atoms with Crippen molar-refractivity contribution in [1.29, 1.82) is 0 Å². The number of carbonyl (C=O) groups is 2. The summed E-state index contributed by atoms with van der Waals surface area (Å²) in [5.41, 5.74) is 6.64. The van der Waals surface area contributed by atoms with Crippen LogP contribution in [-0.4, -0.2) is 65.3 Å². The Hall–Kier alpha value is -5.68. The lowest BCUT2D eigenvalue weighted by Crippen LogP contribution is -2.32. The number of hydrogen-bond donors (Lipinski definition) is 2. The number of rotatable bonds is 10. The van der Waals surface area contributed by atoms with Crippen LogP contribution in [0.3, 0.4) is 0 Å². The van der Waals surface area contributed by atoms with Crippen LogP contribution in [0.2, 0.25) is 5.02 Å². The van der Waals surface area contributed by atoms with Gasteiger partial charge in [-0.05, 0) is 72.7 Å². The highest BCUT2D eigenvalue weighted by Gasteiger charge is 2.47. The molecule has 0 spiro atoms. The molecule has 6 aromatic rings. The van der Waals surface area contributed by atoms with Crippen molar-refractivity contribution in [3.05, 3.63) is 132 Å². The molecule has 3 aromatic carbocycles. The minimum atomic E-state index is -0.968. The van der Waals surface area contributed by atoms with E-state index in [-0.39, 0.29) is 29.3 Å². The van der Waals surface area contributed by atoms with Crippen molar-refractivity contribution in [1.82, 2.24) is 35.2 Å². The molecule has 4 heterocycles. The van der Waals surface area contributed by atoms with Gasteiger partial charge in [-0.15, -0.1) is 4.68 Å². The van der Waals surface area contributed by atoms with Gasteiger partial charge in [-0.25, -0.2) is 4.79 Å². The molecule has 2 unspecified atom stereocenters. The fourth-order valence-electron chi connectivity index (χ4n) is 7.12. The van der Waals surface area contributed by atoms with E-state index in [4.69, 9.17) is 21.7 Å². The Morgan fingerprint density at radius 2 is 1.80 bits per heavy atom. The van der Waals surface area contributed by atoms with E-state index in [2.05, 4.69) is 39.8 Å². The van der Waals surface area contributed by atoms with Crippen LogP contribution in [0.15, 0.2) is 110 Å². The second-order valence-corrected chi connectivity index (χ2v) is 13.5. The summed E-state index contributed by atoms with van der Waals surface area (Å²) in [4.78, 5) is 32.1. The number of aromatic nitrogens is 7. The van der Waals surface area contributed by atoms with Crippen LogP contribution in [0.5, 0.6) is 0 Å². The van der Waals surface area contributed by atoms with Gasteiger partial charge in [0.05, 0.1) is 23.5 Å².